The van der Waals surface area contributed by atoms with Crippen LogP contribution in [0.4, 0.5) is 0 Å². The first kappa shape index (κ1) is 41.8. The molecule has 242 valence electrons. The summed E-state index contributed by atoms with van der Waals surface area (Å²) in [6.07, 6.45) is 9.82. The first-order valence-electron chi connectivity index (χ1n) is 16.9. The monoisotopic (exact) mass is 577 g/mol. The summed E-state index contributed by atoms with van der Waals surface area (Å²) >= 11 is 0. The Bertz CT molecular complexity index is 771. The molecule has 0 aliphatic heterocycles. The number of benzene rings is 1. The molecule has 0 heterocycles. The number of hydrogen-bond donors (Lipinski definition) is 0. The van der Waals surface area contributed by atoms with E-state index in [1.165, 1.54) is 50.5 Å². The Morgan fingerprint density at radius 2 is 1.34 bits per heavy atom. The van der Waals surface area contributed by atoms with Crippen LogP contribution in [0.25, 0.3) is 0 Å². The summed E-state index contributed by atoms with van der Waals surface area (Å²) < 4.78 is 12.7. The van der Waals surface area contributed by atoms with Crippen molar-refractivity contribution >= 4 is 5.78 Å². The van der Waals surface area contributed by atoms with Crippen LogP contribution in [0, 0.1) is 22.2 Å². The number of carbonyl (C=O) groups excluding carboxylic acids is 1. The lowest BCUT2D eigenvalue weighted by Gasteiger charge is -2.35. The summed E-state index contributed by atoms with van der Waals surface area (Å²) in [4.78, 5) is 11.1. The predicted octanol–water partition coefficient (Wildman–Crippen LogP) is 12.4. The van der Waals surface area contributed by atoms with E-state index in [0.717, 1.165) is 12.2 Å². The molecule has 41 heavy (non-hydrogen) atoms. The van der Waals surface area contributed by atoms with E-state index in [9.17, 15) is 4.79 Å². The van der Waals surface area contributed by atoms with Gasteiger partial charge in [0, 0.05) is 10.8 Å². The van der Waals surface area contributed by atoms with Crippen LogP contribution in [0.3, 0.4) is 0 Å². The number of Topliss-reactive ketones (excluding diaryl/α,β-unsaturated/α-hetero) is 1. The van der Waals surface area contributed by atoms with Gasteiger partial charge in [0.15, 0.2) is 0 Å². The average molecular weight is 577 g/mol. The van der Waals surface area contributed by atoms with Crippen molar-refractivity contribution in [2.45, 2.75) is 180 Å². The van der Waals surface area contributed by atoms with Crippen LogP contribution in [0.1, 0.15) is 174 Å². The Morgan fingerprint density at radius 3 is 1.68 bits per heavy atom. The van der Waals surface area contributed by atoms with Crippen molar-refractivity contribution in [3.8, 4) is 5.75 Å². The molecule has 1 aliphatic rings. The Balaban J connectivity index is 0. The zero-order chi connectivity index (χ0) is 32.4. The van der Waals surface area contributed by atoms with Crippen LogP contribution in [-0.4, -0.2) is 18.2 Å². The van der Waals surface area contributed by atoms with Crippen LogP contribution >= 0.6 is 0 Å². The van der Waals surface area contributed by atoms with Gasteiger partial charge in [0.05, 0.1) is 6.10 Å². The molecule has 0 N–H and O–H groups in total. The second-order valence-corrected chi connectivity index (χ2v) is 14.6. The number of ether oxygens (including phenoxy) is 2. The van der Waals surface area contributed by atoms with Gasteiger partial charge in [-0.25, -0.2) is 0 Å². The molecule has 3 nitrogen and oxygen atoms in total. The van der Waals surface area contributed by atoms with Gasteiger partial charge in [0.25, 0.3) is 0 Å². The third kappa shape index (κ3) is 18.0. The van der Waals surface area contributed by atoms with Gasteiger partial charge >= 0.3 is 0 Å². The molecule has 1 aromatic rings. The zero-order valence-electron chi connectivity index (χ0n) is 30.5. The van der Waals surface area contributed by atoms with E-state index in [1.807, 2.05) is 41.5 Å². The SMILES string of the molecule is CC.CC.CC(=O)C(C)(C)CC(C)(C)C.CCCC(c1ccc(OC(OC2CCCCC2)C(C)(C)C)cc1)C(C)C. The van der Waals surface area contributed by atoms with Crippen LogP contribution in [0.5, 0.6) is 5.75 Å². The van der Waals surface area contributed by atoms with Crippen molar-refractivity contribution in [3.05, 3.63) is 29.8 Å². The first-order valence-corrected chi connectivity index (χ1v) is 16.9. The number of rotatable bonds is 10. The molecule has 0 aromatic heterocycles. The number of carbonyl (C=O) groups is 1. The highest BCUT2D eigenvalue weighted by atomic mass is 16.7. The van der Waals surface area contributed by atoms with Gasteiger partial charge in [-0.2, -0.15) is 0 Å². The molecule has 1 saturated carbocycles. The van der Waals surface area contributed by atoms with Crippen LogP contribution < -0.4 is 4.74 Å². The van der Waals surface area contributed by atoms with Crippen molar-refractivity contribution in [3.63, 3.8) is 0 Å². The molecule has 1 aliphatic carbocycles. The molecule has 2 rings (SSSR count). The molecule has 0 bridgehead atoms. The summed E-state index contributed by atoms with van der Waals surface area (Å²) in [6, 6.07) is 8.75. The standard InChI is InChI=1S/C24H40O2.C10H20O.2C2H6/c1-7-11-22(18(2)3)19-14-16-21(17-15-19)26-23(24(4,5)6)25-20-12-9-8-10-13-20;1-8(11)10(5,6)7-9(2,3)4;2*1-2/h14-18,20,22-23H,7-13H2,1-6H3;7H2,1-6H3;2*1-2H3. The summed E-state index contributed by atoms with van der Waals surface area (Å²) in [5.74, 6) is 2.50. The minimum Gasteiger partial charge on any atom is -0.464 e. The maximum atomic E-state index is 11.1. The summed E-state index contributed by atoms with van der Waals surface area (Å²) in [5.41, 5.74) is 1.47. The second-order valence-electron chi connectivity index (χ2n) is 14.6. The predicted molar refractivity (Wildman–Crippen MR) is 182 cm³/mol. The number of hydrogen-bond acceptors (Lipinski definition) is 3. The van der Waals surface area contributed by atoms with E-state index < -0.39 is 0 Å². The van der Waals surface area contributed by atoms with Crippen molar-refractivity contribution < 1.29 is 14.3 Å². The fourth-order valence-electron chi connectivity index (χ4n) is 5.35. The van der Waals surface area contributed by atoms with Crippen molar-refractivity contribution in [2.24, 2.45) is 22.2 Å². The summed E-state index contributed by atoms with van der Waals surface area (Å²) in [7, 11) is 0. The fourth-order valence-corrected chi connectivity index (χ4v) is 5.35. The topological polar surface area (TPSA) is 35.5 Å². The van der Waals surface area contributed by atoms with Gasteiger partial charge in [-0.15, -0.1) is 0 Å². The van der Waals surface area contributed by atoms with E-state index in [2.05, 4.69) is 86.6 Å². The van der Waals surface area contributed by atoms with E-state index >= 15 is 0 Å². The maximum Gasteiger partial charge on any atom is 0.204 e. The second kappa shape index (κ2) is 20.5. The van der Waals surface area contributed by atoms with Crippen LogP contribution in [0.15, 0.2) is 24.3 Å². The minimum atomic E-state index is -0.201. The normalized spacial score (nSPS) is 15.7. The average Bonchev–Trinajstić information content (AvgIpc) is 2.89. The quantitative estimate of drug-likeness (QED) is 0.260. The zero-order valence-corrected chi connectivity index (χ0v) is 30.5. The van der Waals surface area contributed by atoms with Gasteiger partial charge in [0.1, 0.15) is 11.5 Å². The largest absolute Gasteiger partial charge is 0.464 e. The molecule has 1 aromatic carbocycles. The minimum absolute atomic E-state index is 0.0429. The van der Waals surface area contributed by atoms with Gasteiger partial charge in [-0.05, 0) is 67.6 Å². The molecule has 0 saturated heterocycles. The smallest absolute Gasteiger partial charge is 0.204 e. The Hall–Kier alpha value is -1.35. The van der Waals surface area contributed by atoms with E-state index in [0.29, 0.717) is 17.9 Å². The summed E-state index contributed by atoms with van der Waals surface area (Å²) in [5, 5.41) is 0. The maximum absolute atomic E-state index is 11.1. The molecular formula is C38H72O3. The Morgan fingerprint density at radius 1 is 0.854 bits per heavy atom. The van der Waals surface area contributed by atoms with Crippen LogP contribution in [-0.2, 0) is 9.53 Å². The van der Waals surface area contributed by atoms with E-state index in [4.69, 9.17) is 9.47 Å². The van der Waals surface area contributed by atoms with Crippen molar-refractivity contribution in [1.82, 2.24) is 0 Å². The van der Waals surface area contributed by atoms with Gasteiger partial charge < -0.3 is 9.47 Å². The lowest BCUT2D eigenvalue weighted by Crippen LogP contribution is -2.38. The third-order valence-corrected chi connectivity index (χ3v) is 7.46. The van der Waals surface area contributed by atoms with Gasteiger partial charge in [-0.3, -0.25) is 4.79 Å². The first-order chi connectivity index (χ1) is 19.0. The highest BCUT2D eigenvalue weighted by Gasteiger charge is 2.31. The highest BCUT2D eigenvalue weighted by Crippen LogP contribution is 2.34. The van der Waals surface area contributed by atoms with E-state index in [1.54, 1.807) is 6.92 Å². The molecule has 3 heteroatoms. The molecule has 0 spiro atoms. The number of ketones is 1. The highest BCUT2D eigenvalue weighted by molar-refractivity contribution is 5.81. The Kier molecular flexibility index (Phi) is 20.9. The van der Waals surface area contributed by atoms with Gasteiger partial charge in [0.2, 0.25) is 6.29 Å². The Labute approximate surface area is 258 Å². The molecule has 0 radical (unpaired) electrons. The molecule has 1 fully saturated rings. The summed E-state index contributed by atoms with van der Waals surface area (Å²) in [6.45, 7) is 33.7. The fraction of sp³-hybridized carbons (Fsp3) is 0.816. The van der Waals surface area contributed by atoms with E-state index in [-0.39, 0.29) is 28.3 Å². The lowest BCUT2D eigenvalue weighted by atomic mass is 9.74. The van der Waals surface area contributed by atoms with Gasteiger partial charge in [-0.1, -0.05) is 142 Å². The lowest BCUT2D eigenvalue weighted by molar-refractivity contribution is -0.177. The molecule has 2 unspecified atom stereocenters. The molecular weight excluding hydrogens is 504 g/mol. The molecule has 0 amide bonds. The van der Waals surface area contributed by atoms with Crippen molar-refractivity contribution in [1.29, 1.82) is 0 Å². The van der Waals surface area contributed by atoms with Crippen LogP contribution in [0.2, 0.25) is 0 Å². The third-order valence-electron chi connectivity index (χ3n) is 7.46. The van der Waals surface area contributed by atoms with Crippen molar-refractivity contribution in [2.75, 3.05) is 0 Å². The molecule has 2 atom stereocenters.